The van der Waals surface area contributed by atoms with E-state index >= 15 is 0 Å². The van der Waals surface area contributed by atoms with E-state index in [0.717, 1.165) is 112 Å². The van der Waals surface area contributed by atoms with Gasteiger partial charge in [0.25, 0.3) is 0 Å². The summed E-state index contributed by atoms with van der Waals surface area (Å²) in [5.74, 6) is 0. The molecule has 10 aromatic rings. The van der Waals surface area contributed by atoms with Gasteiger partial charge in [-0.3, -0.25) is 4.98 Å². The molecule has 0 fully saturated rings. The summed E-state index contributed by atoms with van der Waals surface area (Å²) >= 11 is 0. The van der Waals surface area contributed by atoms with Crippen LogP contribution in [0.25, 0.3) is 119 Å². The van der Waals surface area contributed by atoms with Crippen molar-refractivity contribution in [3.63, 3.8) is 0 Å². The number of hydrogen-bond donors (Lipinski definition) is 0. The largest absolute Gasteiger partial charge is 2.00 e. The molecule has 12 rings (SSSR count). The Morgan fingerprint density at radius 3 is 1.40 bits per heavy atom. The first-order valence-corrected chi connectivity index (χ1v) is 20.4. The van der Waals surface area contributed by atoms with Crippen molar-refractivity contribution in [2.45, 2.75) is 0 Å². The number of benzene rings is 5. The first-order chi connectivity index (χ1) is 30.2. The van der Waals surface area contributed by atoms with Crippen LogP contribution in [0, 0.1) is 0 Å². The quantitative estimate of drug-likeness (QED) is 0.172. The molecule has 5 aromatic heterocycles. The maximum absolute atomic E-state index is 5.49. The molecule has 0 N–H and O–H groups in total. The Balaban J connectivity index is 0.00000432. The third-order valence-corrected chi connectivity index (χ3v) is 11.6. The van der Waals surface area contributed by atoms with Gasteiger partial charge in [-0.15, -0.1) is 22.1 Å². The van der Waals surface area contributed by atoms with Gasteiger partial charge >= 0.3 is 21.1 Å². The van der Waals surface area contributed by atoms with E-state index in [1.54, 1.807) is 0 Å². The van der Waals surface area contributed by atoms with Crippen molar-refractivity contribution in [3.05, 3.63) is 205 Å². The number of hydrogen-bond acceptors (Lipinski definition) is 3. The van der Waals surface area contributed by atoms with Crippen LogP contribution in [0.15, 0.2) is 182 Å². The number of para-hydroxylation sites is 2. The topological polar surface area (TPSA) is 71.8 Å². The van der Waals surface area contributed by atoms with E-state index in [4.69, 9.17) is 24.9 Å². The molecule has 0 amide bonds. The summed E-state index contributed by atoms with van der Waals surface area (Å²) < 4.78 is 2.34. The molecular weight excluding hydrogens is 940 g/mol. The third kappa shape index (κ3) is 6.27. The zero-order chi connectivity index (χ0) is 40.3. The Morgan fingerprint density at radius 1 is 0.371 bits per heavy atom. The summed E-state index contributed by atoms with van der Waals surface area (Å²) in [6.45, 7) is 0. The molecule has 0 atom stereocenters. The van der Waals surface area contributed by atoms with Crippen LogP contribution in [-0.4, -0.2) is 19.5 Å². The maximum atomic E-state index is 5.49. The van der Waals surface area contributed by atoms with Crippen LogP contribution < -0.4 is 9.97 Å². The molecule has 0 radical (unpaired) electrons. The van der Waals surface area contributed by atoms with Crippen molar-refractivity contribution in [1.82, 2.24) is 29.5 Å². The fourth-order valence-electron chi connectivity index (χ4n) is 8.94. The Hall–Kier alpha value is -7.66. The molecule has 7 heterocycles. The molecule has 0 unspecified atom stereocenters. The Kier molecular flexibility index (Phi) is 9.29. The van der Waals surface area contributed by atoms with Crippen molar-refractivity contribution < 1.29 is 21.1 Å². The predicted molar refractivity (Wildman–Crippen MR) is 251 cm³/mol. The number of nitrogens with zero attached hydrogens (tertiary/aromatic N) is 6. The minimum Gasteiger partial charge on any atom is -0.657 e. The van der Waals surface area contributed by atoms with E-state index < -0.39 is 0 Å². The number of rotatable bonds is 5. The van der Waals surface area contributed by atoms with Crippen molar-refractivity contribution in [2.24, 2.45) is 0 Å². The summed E-state index contributed by atoms with van der Waals surface area (Å²) in [4.78, 5) is 26.5. The zero-order valence-corrected chi connectivity index (χ0v) is 35.4. The van der Waals surface area contributed by atoms with Gasteiger partial charge in [0.05, 0.1) is 39.5 Å². The van der Waals surface area contributed by atoms with Crippen LogP contribution in [0.3, 0.4) is 0 Å². The molecule has 7 heteroatoms. The molecule has 0 saturated carbocycles. The average Bonchev–Trinajstić information content (AvgIpc) is 4.19. The number of pyridine rings is 1. The van der Waals surface area contributed by atoms with E-state index in [1.165, 1.54) is 5.39 Å². The molecule has 2 aliphatic heterocycles. The molecule has 294 valence electrons. The second-order valence-corrected chi connectivity index (χ2v) is 15.2. The molecule has 0 saturated heterocycles. The van der Waals surface area contributed by atoms with Crippen LogP contribution in [-0.2, 0) is 21.1 Å². The van der Waals surface area contributed by atoms with Crippen molar-refractivity contribution in [2.75, 3.05) is 0 Å². The fraction of sp³-hybridized carbons (Fsp3) is 0. The van der Waals surface area contributed by atoms with Gasteiger partial charge in [-0.05, 0) is 100 Å². The first-order valence-electron chi connectivity index (χ1n) is 20.4. The normalized spacial score (nSPS) is 11.9. The van der Waals surface area contributed by atoms with Gasteiger partial charge in [0.2, 0.25) is 0 Å². The van der Waals surface area contributed by atoms with Gasteiger partial charge in [0.15, 0.2) is 0 Å². The SMILES string of the molecule is C1=Cc2nc1c(-c1ccc3c(c1)c1ccccc1n3-c1ccccc1)c1ccc([n-]1)c(-c1ccccc1)c1nc(c(-c3ccccn3)c3ccc([n-]3)c2-c2ccccc2)C=C1.[Pt+2]. The number of fused-ring (bicyclic) bond motifs is 11. The fourth-order valence-corrected chi connectivity index (χ4v) is 8.94. The molecule has 6 nitrogen and oxygen atoms in total. The minimum atomic E-state index is 0. The van der Waals surface area contributed by atoms with Gasteiger partial charge in [-0.2, -0.15) is 0 Å². The number of aromatic nitrogens is 6. The smallest absolute Gasteiger partial charge is 0.657 e. The van der Waals surface area contributed by atoms with Crippen LogP contribution in [0.5, 0.6) is 0 Å². The van der Waals surface area contributed by atoms with Crippen LogP contribution in [0.4, 0.5) is 0 Å². The maximum Gasteiger partial charge on any atom is 2.00 e. The molecular formula is C55H34N6Pt. The molecule has 5 aromatic carbocycles. The van der Waals surface area contributed by atoms with Gasteiger partial charge in [0.1, 0.15) is 0 Å². The third-order valence-electron chi connectivity index (χ3n) is 11.6. The van der Waals surface area contributed by atoms with E-state index in [2.05, 4.69) is 174 Å². The van der Waals surface area contributed by atoms with Crippen molar-refractivity contribution in [1.29, 1.82) is 0 Å². The predicted octanol–water partition coefficient (Wildman–Crippen LogP) is 13.1. The van der Waals surface area contributed by atoms with Crippen LogP contribution in [0.1, 0.15) is 22.8 Å². The van der Waals surface area contributed by atoms with Gasteiger partial charge in [-0.1, -0.05) is 133 Å². The molecule has 0 spiro atoms. The second-order valence-electron chi connectivity index (χ2n) is 15.2. The summed E-state index contributed by atoms with van der Waals surface area (Å²) in [5, 5.41) is 2.34. The van der Waals surface area contributed by atoms with Crippen molar-refractivity contribution in [3.8, 4) is 50.3 Å². The van der Waals surface area contributed by atoms with Gasteiger partial charge in [0, 0.05) is 28.2 Å². The monoisotopic (exact) mass is 973 g/mol. The summed E-state index contributed by atoms with van der Waals surface area (Å²) in [7, 11) is 0. The molecule has 2 aliphatic rings. The molecule has 0 aliphatic carbocycles. The van der Waals surface area contributed by atoms with E-state index in [1.807, 2.05) is 36.5 Å². The van der Waals surface area contributed by atoms with E-state index in [0.29, 0.717) is 0 Å². The minimum absolute atomic E-state index is 0. The Morgan fingerprint density at radius 2 is 0.839 bits per heavy atom. The summed E-state index contributed by atoms with van der Waals surface area (Å²) in [6, 6.07) is 61.1. The van der Waals surface area contributed by atoms with Crippen LogP contribution in [0.2, 0.25) is 0 Å². The standard InChI is InChI=1S/C55H34N6.Pt/c1-4-14-35(15-5-1)52-42-24-26-46(57-42)54(37-23-32-51-40(34-37)39-20-10-11-22-50(39)61(51)38-18-8-3-9-19-38)47-27-25-43(58-47)53(36-16-6-2-7-17-36)45-29-31-49(60-45)55(41-21-12-13-33-56-41)48-30-28-44(52)59-48;/h1-34H;/q-2;+2. The molecule has 62 heavy (non-hydrogen) atoms. The van der Waals surface area contributed by atoms with Crippen LogP contribution >= 0.6 is 0 Å². The van der Waals surface area contributed by atoms with Gasteiger partial charge < -0.3 is 14.5 Å². The zero-order valence-electron chi connectivity index (χ0n) is 33.1. The Labute approximate surface area is 371 Å². The molecule has 8 bridgehead atoms. The second kappa shape index (κ2) is 15.4. The van der Waals surface area contributed by atoms with Gasteiger partial charge in [-0.25, -0.2) is 9.97 Å². The average molecular weight is 974 g/mol. The Bertz CT molecular complexity index is 3530. The first kappa shape index (κ1) is 37.3. The van der Waals surface area contributed by atoms with E-state index in [-0.39, 0.29) is 21.1 Å². The summed E-state index contributed by atoms with van der Waals surface area (Å²) in [6.07, 6.45) is 10.2. The van der Waals surface area contributed by atoms with Crippen molar-refractivity contribution >= 4 is 68.2 Å². The van der Waals surface area contributed by atoms with E-state index in [9.17, 15) is 0 Å². The summed E-state index contributed by atoms with van der Waals surface area (Å²) in [5.41, 5.74) is 17.5.